The molecule has 1 rings (SSSR count). The maximum absolute atomic E-state index is 10.9. The fraction of sp³-hybridized carbons (Fsp3) is 0.500. The Kier molecular flexibility index (Phi) is 6.57. The van der Waals surface area contributed by atoms with Crippen LogP contribution < -0.4 is 4.74 Å². The van der Waals surface area contributed by atoms with Crippen LogP contribution in [0.15, 0.2) is 18.2 Å². The number of carbonyl (C=O) groups excluding carboxylic acids is 1. The molecule has 1 aromatic rings. The van der Waals surface area contributed by atoms with Crippen LogP contribution in [0.2, 0.25) is 0 Å². The van der Waals surface area contributed by atoms with Gasteiger partial charge in [-0.05, 0) is 12.5 Å². The molecule has 0 N–H and O–H groups in total. The van der Waals surface area contributed by atoms with Crippen molar-refractivity contribution in [3.8, 4) is 5.75 Å². The number of nitro benzene ring substituents is 1. The van der Waals surface area contributed by atoms with Gasteiger partial charge >= 0.3 is 0 Å². The van der Waals surface area contributed by atoms with Gasteiger partial charge in [-0.1, -0.05) is 32.6 Å². The molecule has 0 radical (unpaired) electrons. The van der Waals surface area contributed by atoms with Gasteiger partial charge in [0.05, 0.1) is 17.1 Å². The highest BCUT2D eigenvalue weighted by atomic mass is 16.6. The van der Waals surface area contributed by atoms with Crippen LogP contribution in [0.5, 0.6) is 5.75 Å². The number of carbonyl (C=O) groups is 1. The van der Waals surface area contributed by atoms with E-state index >= 15 is 0 Å². The van der Waals surface area contributed by atoms with Gasteiger partial charge in [-0.2, -0.15) is 0 Å². The summed E-state index contributed by atoms with van der Waals surface area (Å²) in [6, 6.07) is 4.06. The van der Waals surface area contributed by atoms with Crippen molar-refractivity contribution in [3.63, 3.8) is 0 Å². The number of non-ortho nitro benzene ring substituents is 1. The Morgan fingerprint density at radius 3 is 2.63 bits per heavy atom. The smallest absolute Gasteiger partial charge is 0.270 e. The molecule has 0 saturated heterocycles. The molecular formula is C14H19NO4. The lowest BCUT2D eigenvalue weighted by molar-refractivity contribution is -0.384. The molecule has 0 aromatic heterocycles. The Morgan fingerprint density at radius 1 is 1.26 bits per heavy atom. The van der Waals surface area contributed by atoms with E-state index in [0.717, 1.165) is 12.8 Å². The Balaban J connectivity index is 2.49. The third-order valence-corrected chi connectivity index (χ3v) is 2.84. The summed E-state index contributed by atoms with van der Waals surface area (Å²) in [6.45, 7) is 2.69. The molecule has 5 heteroatoms. The summed E-state index contributed by atoms with van der Waals surface area (Å²) in [5.41, 5.74) is 0.125. The first-order chi connectivity index (χ1) is 9.19. The van der Waals surface area contributed by atoms with Gasteiger partial charge in [-0.15, -0.1) is 0 Å². The first-order valence-corrected chi connectivity index (χ1v) is 6.55. The highest BCUT2D eigenvalue weighted by Gasteiger charge is 2.10. The van der Waals surface area contributed by atoms with Crippen LogP contribution in [-0.4, -0.2) is 17.8 Å². The lowest BCUT2D eigenvalue weighted by Gasteiger charge is -2.08. The molecule has 0 aliphatic heterocycles. The van der Waals surface area contributed by atoms with Crippen LogP contribution in [0.25, 0.3) is 0 Å². The fourth-order valence-electron chi connectivity index (χ4n) is 1.76. The predicted molar refractivity (Wildman–Crippen MR) is 72.7 cm³/mol. The maximum Gasteiger partial charge on any atom is 0.270 e. The molecule has 0 spiro atoms. The van der Waals surface area contributed by atoms with E-state index < -0.39 is 4.92 Å². The first-order valence-electron chi connectivity index (χ1n) is 6.55. The summed E-state index contributed by atoms with van der Waals surface area (Å²) in [6.07, 6.45) is 6.20. The van der Waals surface area contributed by atoms with E-state index in [4.69, 9.17) is 4.74 Å². The summed E-state index contributed by atoms with van der Waals surface area (Å²) < 4.78 is 5.49. The molecule has 104 valence electrons. The van der Waals surface area contributed by atoms with Gasteiger partial charge in [0.2, 0.25) is 0 Å². The zero-order valence-electron chi connectivity index (χ0n) is 11.1. The van der Waals surface area contributed by atoms with E-state index in [1.165, 1.54) is 37.5 Å². The molecule has 0 heterocycles. The van der Waals surface area contributed by atoms with E-state index in [9.17, 15) is 14.9 Å². The van der Waals surface area contributed by atoms with Crippen LogP contribution in [0.1, 0.15) is 49.4 Å². The quantitative estimate of drug-likeness (QED) is 0.295. The van der Waals surface area contributed by atoms with Gasteiger partial charge in [-0.3, -0.25) is 14.9 Å². The van der Waals surface area contributed by atoms with Crippen molar-refractivity contribution < 1.29 is 14.5 Å². The minimum absolute atomic E-state index is 0.0996. The predicted octanol–water partition coefficient (Wildman–Crippen LogP) is 3.76. The number of nitro groups is 1. The number of hydrogen-bond donors (Lipinski definition) is 0. The molecule has 0 fully saturated rings. The van der Waals surface area contributed by atoms with Crippen molar-refractivity contribution in [1.82, 2.24) is 0 Å². The van der Waals surface area contributed by atoms with Gasteiger partial charge in [0.15, 0.2) is 6.29 Å². The van der Waals surface area contributed by atoms with Crippen LogP contribution in [0, 0.1) is 10.1 Å². The highest BCUT2D eigenvalue weighted by Crippen LogP contribution is 2.23. The highest BCUT2D eigenvalue weighted by molar-refractivity contribution is 5.80. The standard InChI is InChI=1S/C14H19NO4/c1-2-3-4-5-6-9-19-14-8-7-13(15(17)18)10-12(14)11-16/h7-8,10-11H,2-6,9H2,1H3. The Morgan fingerprint density at radius 2 is 2.00 bits per heavy atom. The molecule has 19 heavy (non-hydrogen) atoms. The second-order valence-corrected chi connectivity index (χ2v) is 4.36. The minimum atomic E-state index is -0.526. The molecular weight excluding hydrogens is 246 g/mol. The number of unbranched alkanes of at least 4 members (excludes halogenated alkanes) is 4. The lowest BCUT2D eigenvalue weighted by Crippen LogP contribution is -2.01. The average Bonchev–Trinajstić information content (AvgIpc) is 2.42. The molecule has 0 atom stereocenters. The Labute approximate surface area is 112 Å². The summed E-state index contributed by atoms with van der Waals surface area (Å²) in [5.74, 6) is 0.413. The maximum atomic E-state index is 10.9. The van der Waals surface area contributed by atoms with Crippen molar-refractivity contribution in [3.05, 3.63) is 33.9 Å². The third-order valence-electron chi connectivity index (χ3n) is 2.84. The second-order valence-electron chi connectivity index (χ2n) is 4.36. The van der Waals surface area contributed by atoms with Gasteiger partial charge < -0.3 is 4.74 Å². The molecule has 5 nitrogen and oxygen atoms in total. The number of nitrogens with zero attached hydrogens (tertiary/aromatic N) is 1. The van der Waals surface area contributed by atoms with Crippen molar-refractivity contribution in [2.45, 2.75) is 39.0 Å². The van der Waals surface area contributed by atoms with Crippen LogP contribution in [0.4, 0.5) is 5.69 Å². The van der Waals surface area contributed by atoms with Crippen molar-refractivity contribution >= 4 is 12.0 Å². The average molecular weight is 265 g/mol. The molecule has 0 amide bonds. The largest absolute Gasteiger partial charge is 0.493 e. The Hall–Kier alpha value is -1.91. The zero-order valence-corrected chi connectivity index (χ0v) is 11.1. The molecule has 0 saturated carbocycles. The molecule has 0 unspecified atom stereocenters. The van der Waals surface area contributed by atoms with Gasteiger partial charge in [0.25, 0.3) is 5.69 Å². The monoisotopic (exact) mass is 265 g/mol. The lowest BCUT2D eigenvalue weighted by atomic mass is 10.1. The van der Waals surface area contributed by atoms with Crippen LogP contribution in [-0.2, 0) is 0 Å². The van der Waals surface area contributed by atoms with Gasteiger partial charge in [-0.25, -0.2) is 0 Å². The van der Waals surface area contributed by atoms with Crippen molar-refractivity contribution in [2.75, 3.05) is 6.61 Å². The Bertz CT molecular complexity index is 431. The van der Waals surface area contributed by atoms with Gasteiger partial charge in [0.1, 0.15) is 5.75 Å². The van der Waals surface area contributed by atoms with Gasteiger partial charge in [0, 0.05) is 12.1 Å². The van der Waals surface area contributed by atoms with E-state index in [1.807, 2.05) is 0 Å². The first kappa shape index (κ1) is 15.1. The van der Waals surface area contributed by atoms with E-state index in [-0.39, 0.29) is 11.3 Å². The zero-order chi connectivity index (χ0) is 14.1. The van der Waals surface area contributed by atoms with E-state index in [1.54, 1.807) is 0 Å². The SMILES string of the molecule is CCCCCCCOc1ccc([N+](=O)[O-])cc1C=O. The normalized spacial score (nSPS) is 10.2. The molecule has 0 aliphatic carbocycles. The van der Waals surface area contributed by atoms with Crippen molar-refractivity contribution in [2.24, 2.45) is 0 Å². The number of hydrogen-bond acceptors (Lipinski definition) is 4. The van der Waals surface area contributed by atoms with Crippen LogP contribution in [0.3, 0.4) is 0 Å². The minimum Gasteiger partial charge on any atom is -0.493 e. The van der Waals surface area contributed by atoms with Crippen molar-refractivity contribution in [1.29, 1.82) is 0 Å². The molecule has 0 bridgehead atoms. The fourth-order valence-corrected chi connectivity index (χ4v) is 1.76. The van der Waals surface area contributed by atoms with E-state index in [2.05, 4.69) is 6.92 Å². The third kappa shape index (κ3) is 5.07. The van der Waals surface area contributed by atoms with Crippen LogP contribution >= 0.6 is 0 Å². The number of ether oxygens (including phenoxy) is 1. The summed E-state index contributed by atoms with van der Waals surface area (Å²) in [5, 5.41) is 10.6. The number of benzene rings is 1. The summed E-state index contributed by atoms with van der Waals surface area (Å²) >= 11 is 0. The second kappa shape index (κ2) is 8.24. The summed E-state index contributed by atoms with van der Waals surface area (Å²) in [7, 11) is 0. The van der Waals surface area contributed by atoms with E-state index in [0.29, 0.717) is 18.6 Å². The topological polar surface area (TPSA) is 69.4 Å². The number of aldehydes is 1. The number of rotatable bonds is 9. The summed E-state index contributed by atoms with van der Waals surface area (Å²) in [4.78, 5) is 20.9. The molecule has 0 aliphatic rings. The molecule has 1 aromatic carbocycles.